The zero-order chi connectivity index (χ0) is 12.4. The van der Waals surface area contributed by atoms with Crippen molar-refractivity contribution in [1.29, 1.82) is 0 Å². The summed E-state index contributed by atoms with van der Waals surface area (Å²) >= 11 is 1.74. The molecule has 0 radical (unpaired) electrons. The SMILES string of the molecule is CNCCN(C)c1ncnc2sc(C)c(C)c12. The highest BCUT2D eigenvalue weighted by Gasteiger charge is 2.14. The number of rotatable bonds is 4. The summed E-state index contributed by atoms with van der Waals surface area (Å²) in [6.45, 7) is 6.17. The summed E-state index contributed by atoms with van der Waals surface area (Å²) in [5, 5.41) is 4.36. The fourth-order valence-corrected chi connectivity index (χ4v) is 2.83. The Kier molecular flexibility index (Phi) is 3.59. The van der Waals surface area contributed by atoms with E-state index in [-0.39, 0.29) is 0 Å². The predicted molar refractivity (Wildman–Crippen MR) is 74.1 cm³/mol. The molecule has 0 fully saturated rings. The van der Waals surface area contributed by atoms with Gasteiger partial charge in [0.05, 0.1) is 5.39 Å². The normalized spacial score (nSPS) is 11.1. The van der Waals surface area contributed by atoms with Crippen molar-refractivity contribution in [2.75, 3.05) is 32.1 Å². The zero-order valence-electron chi connectivity index (χ0n) is 10.7. The molecule has 0 saturated carbocycles. The van der Waals surface area contributed by atoms with Gasteiger partial charge in [0.2, 0.25) is 0 Å². The summed E-state index contributed by atoms with van der Waals surface area (Å²) in [6.07, 6.45) is 1.66. The first-order chi connectivity index (χ1) is 8.15. The van der Waals surface area contributed by atoms with E-state index in [9.17, 15) is 0 Å². The van der Waals surface area contributed by atoms with Crippen molar-refractivity contribution in [2.24, 2.45) is 0 Å². The molecule has 2 rings (SSSR count). The quantitative estimate of drug-likeness (QED) is 0.900. The van der Waals surface area contributed by atoms with Crippen LogP contribution >= 0.6 is 11.3 Å². The summed E-state index contributed by atoms with van der Waals surface area (Å²) < 4.78 is 0. The molecule has 0 bridgehead atoms. The van der Waals surface area contributed by atoms with Gasteiger partial charge in [-0.25, -0.2) is 9.97 Å². The summed E-state index contributed by atoms with van der Waals surface area (Å²) in [7, 11) is 4.04. The lowest BCUT2D eigenvalue weighted by Gasteiger charge is -2.18. The van der Waals surface area contributed by atoms with E-state index in [1.165, 1.54) is 15.8 Å². The largest absolute Gasteiger partial charge is 0.358 e. The second-order valence-electron chi connectivity index (χ2n) is 4.19. The van der Waals surface area contributed by atoms with Gasteiger partial charge in [0, 0.05) is 25.0 Å². The lowest BCUT2D eigenvalue weighted by atomic mass is 10.2. The van der Waals surface area contributed by atoms with Crippen molar-refractivity contribution >= 4 is 27.4 Å². The fourth-order valence-electron chi connectivity index (χ4n) is 1.84. The van der Waals surface area contributed by atoms with E-state index in [4.69, 9.17) is 0 Å². The fraction of sp³-hybridized carbons (Fsp3) is 0.500. The minimum Gasteiger partial charge on any atom is -0.358 e. The second-order valence-corrected chi connectivity index (χ2v) is 5.39. The summed E-state index contributed by atoms with van der Waals surface area (Å²) in [5.41, 5.74) is 1.30. The smallest absolute Gasteiger partial charge is 0.140 e. The molecule has 2 aromatic rings. The standard InChI is InChI=1S/C12H18N4S/c1-8-9(2)17-12-10(8)11(14-7-15-12)16(4)6-5-13-3/h7,13H,5-6H2,1-4H3. The summed E-state index contributed by atoms with van der Waals surface area (Å²) in [6, 6.07) is 0. The molecule has 2 aromatic heterocycles. The van der Waals surface area contributed by atoms with Crippen molar-refractivity contribution in [1.82, 2.24) is 15.3 Å². The van der Waals surface area contributed by atoms with Crippen LogP contribution in [-0.2, 0) is 0 Å². The Morgan fingerprint density at radius 2 is 2.12 bits per heavy atom. The van der Waals surface area contributed by atoms with Crippen LogP contribution in [0.4, 0.5) is 5.82 Å². The average Bonchev–Trinajstić information content (AvgIpc) is 2.62. The molecule has 92 valence electrons. The highest BCUT2D eigenvalue weighted by Crippen LogP contribution is 2.33. The molecule has 5 heteroatoms. The number of thiophene rings is 1. The number of nitrogens with one attached hydrogen (secondary N) is 1. The van der Waals surface area contributed by atoms with E-state index in [1.54, 1.807) is 17.7 Å². The van der Waals surface area contributed by atoms with E-state index in [0.717, 1.165) is 23.7 Å². The van der Waals surface area contributed by atoms with Crippen molar-refractivity contribution in [3.8, 4) is 0 Å². The lowest BCUT2D eigenvalue weighted by Crippen LogP contribution is -2.27. The molecule has 17 heavy (non-hydrogen) atoms. The monoisotopic (exact) mass is 250 g/mol. The number of aryl methyl sites for hydroxylation is 2. The first-order valence-electron chi connectivity index (χ1n) is 5.71. The Hall–Kier alpha value is -1.20. The van der Waals surface area contributed by atoms with Gasteiger partial charge in [-0.3, -0.25) is 0 Å². The third-order valence-electron chi connectivity index (χ3n) is 3.00. The van der Waals surface area contributed by atoms with E-state index < -0.39 is 0 Å². The highest BCUT2D eigenvalue weighted by molar-refractivity contribution is 7.18. The average molecular weight is 250 g/mol. The van der Waals surface area contributed by atoms with Gasteiger partial charge in [0.15, 0.2) is 0 Å². The number of nitrogens with zero attached hydrogens (tertiary/aromatic N) is 3. The Balaban J connectivity index is 2.46. The van der Waals surface area contributed by atoms with Crippen LogP contribution < -0.4 is 10.2 Å². The van der Waals surface area contributed by atoms with Gasteiger partial charge in [-0.2, -0.15) is 0 Å². The number of likely N-dealkylation sites (N-methyl/N-ethyl adjacent to an activating group) is 2. The Labute approximate surface area is 106 Å². The van der Waals surface area contributed by atoms with Crippen LogP contribution in [-0.4, -0.2) is 37.2 Å². The van der Waals surface area contributed by atoms with E-state index in [0.29, 0.717) is 0 Å². The minimum atomic E-state index is 0.941. The second kappa shape index (κ2) is 4.98. The molecular formula is C12H18N4S. The van der Waals surface area contributed by atoms with E-state index in [1.807, 2.05) is 7.05 Å². The van der Waals surface area contributed by atoms with Crippen molar-refractivity contribution in [2.45, 2.75) is 13.8 Å². The third-order valence-corrected chi connectivity index (χ3v) is 4.12. The van der Waals surface area contributed by atoms with Gasteiger partial charge >= 0.3 is 0 Å². The Bertz CT molecular complexity index is 520. The highest BCUT2D eigenvalue weighted by atomic mass is 32.1. The maximum absolute atomic E-state index is 4.43. The summed E-state index contributed by atoms with van der Waals surface area (Å²) in [5.74, 6) is 1.03. The van der Waals surface area contributed by atoms with Crippen LogP contribution in [0, 0.1) is 13.8 Å². The van der Waals surface area contributed by atoms with Crippen molar-refractivity contribution in [3.05, 3.63) is 16.8 Å². The predicted octanol–water partition coefficient (Wildman–Crippen LogP) is 1.96. The maximum atomic E-state index is 4.43. The molecule has 0 spiro atoms. The molecule has 0 aliphatic heterocycles. The lowest BCUT2D eigenvalue weighted by molar-refractivity contribution is 0.762. The first kappa shape index (κ1) is 12.3. The molecule has 0 saturated heterocycles. The minimum absolute atomic E-state index is 0.941. The van der Waals surface area contributed by atoms with Gasteiger partial charge in [0.1, 0.15) is 17.0 Å². The van der Waals surface area contributed by atoms with Gasteiger partial charge in [-0.15, -0.1) is 11.3 Å². The number of aromatic nitrogens is 2. The van der Waals surface area contributed by atoms with Gasteiger partial charge in [-0.1, -0.05) is 0 Å². The number of anilines is 1. The van der Waals surface area contributed by atoms with Crippen LogP contribution in [0.1, 0.15) is 10.4 Å². The summed E-state index contributed by atoms with van der Waals surface area (Å²) in [4.78, 5) is 13.4. The number of fused-ring (bicyclic) bond motifs is 1. The molecule has 0 unspecified atom stereocenters. The maximum Gasteiger partial charge on any atom is 0.140 e. The number of hydrogen-bond donors (Lipinski definition) is 1. The molecule has 0 aromatic carbocycles. The number of hydrogen-bond acceptors (Lipinski definition) is 5. The Morgan fingerprint density at radius 1 is 1.35 bits per heavy atom. The third kappa shape index (κ3) is 2.25. The van der Waals surface area contributed by atoms with Crippen molar-refractivity contribution < 1.29 is 0 Å². The van der Waals surface area contributed by atoms with Gasteiger partial charge < -0.3 is 10.2 Å². The van der Waals surface area contributed by atoms with E-state index >= 15 is 0 Å². The zero-order valence-corrected chi connectivity index (χ0v) is 11.6. The molecule has 1 N–H and O–H groups in total. The van der Waals surface area contributed by atoms with Gasteiger partial charge in [0.25, 0.3) is 0 Å². The molecular weight excluding hydrogens is 232 g/mol. The van der Waals surface area contributed by atoms with E-state index in [2.05, 4.69) is 41.1 Å². The first-order valence-corrected chi connectivity index (χ1v) is 6.53. The van der Waals surface area contributed by atoms with Crippen LogP contribution in [0.3, 0.4) is 0 Å². The molecule has 0 amide bonds. The molecule has 2 heterocycles. The van der Waals surface area contributed by atoms with Crippen LogP contribution in [0.15, 0.2) is 6.33 Å². The van der Waals surface area contributed by atoms with Crippen molar-refractivity contribution in [3.63, 3.8) is 0 Å². The topological polar surface area (TPSA) is 41.0 Å². The molecule has 4 nitrogen and oxygen atoms in total. The molecule has 0 atom stereocenters. The molecule has 0 aliphatic carbocycles. The van der Waals surface area contributed by atoms with Crippen LogP contribution in [0.25, 0.3) is 10.2 Å². The van der Waals surface area contributed by atoms with Crippen LogP contribution in [0.5, 0.6) is 0 Å². The Morgan fingerprint density at radius 3 is 2.82 bits per heavy atom. The van der Waals surface area contributed by atoms with Crippen LogP contribution in [0.2, 0.25) is 0 Å². The van der Waals surface area contributed by atoms with Gasteiger partial charge in [-0.05, 0) is 26.5 Å². The molecule has 0 aliphatic rings.